The van der Waals surface area contributed by atoms with Crippen LogP contribution in [0.3, 0.4) is 0 Å². The molecule has 0 aromatic heterocycles. The van der Waals surface area contributed by atoms with E-state index in [1.807, 2.05) is 54.5 Å². The van der Waals surface area contributed by atoms with Crippen molar-refractivity contribution in [3.63, 3.8) is 0 Å². The number of ether oxygens (including phenoxy) is 1. The van der Waals surface area contributed by atoms with Gasteiger partial charge in [0.05, 0.1) is 21.8 Å². The molecule has 2 saturated heterocycles. The molecule has 2 aliphatic heterocycles. The Hall–Kier alpha value is -1.77. The van der Waals surface area contributed by atoms with Crippen molar-refractivity contribution in [3.8, 4) is 0 Å². The zero-order valence-corrected chi connectivity index (χ0v) is 20.2. The number of hydrogen-bond acceptors (Lipinski definition) is 5. The van der Waals surface area contributed by atoms with Crippen LogP contribution < -0.4 is 5.46 Å². The van der Waals surface area contributed by atoms with E-state index in [0.717, 1.165) is 5.46 Å². The first-order valence-corrected chi connectivity index (χ1v) is 11.0. The van der Waals surface area contributed by atoms with Crippen molar-refractivity contribution < 1.29 is 23.6 Å². The molecule has 2 aliphatic rings. The minimum absolute atomic E-state index is 0.158. The highest BCUT2D eigenvalue weighted by atomic mass is 35.5. The third-order valence-electron chi connectivity index (χ3n) is 5.97. The fourth-order valence-electron chi connectivity index (χ4n) is 3.42. The highest BCUT2D eigenvalue weighted by molar-refractivity contribution is 6.62. The average Bonchev–Trinajstić information content (AvgIpc) is 2.87. The van der Waals surface area contributed by atoms with Crippen molar-refractivity contribution in [2.24, 2.45) is 0 Å². The van der Waals surface area contributed by atoms with Crippen LogP contribution in [0.4, 0.5) is 4.79 Å². The van der Waals surface area contributed by atoms with Gasteiger partial charge in [0.25, 0.3) is 5.91 Å². The van der Waals surface area contributed by atoms with Gasteiger partial charge in [0.1, 0.15) is 5.60 Å². The van der Waals surface area contributed by atoms with Crippen LogP contribution in [0.2, 0.25) is 5.02 Å². The van der Waals surface area contributed by atoms with E-state index < -0.39 is 23.9 Å². The first-order valence-electron chi connectivity index (χ1n) is 10.6. The number of amides is 2. The molecule has 0 saturated carbocycles. The summed E-state index contributed by atoms with van der Waals surface area (Å²) in [6.45, 7) is 15.1. The highest BCUT2D eigenvalue weighted by Crippen LogP contribution is 2.36. The average molecular weight is 451 g/mol. The van der Waals surface area contributed by atoms with Crippen LogP contribution >= 0.6 is 11.6 Å². The molecule has 0 aliphatic carbocycles. The molecule has 2 amide bonds. The largest absolute Gasteiger partial charge is 0.494 e. The van der Waals surface area contributed by atoms with Crippen LogP contribution in [-0.2, 0) is 14.0 Å². The lowest BCUT2D eigenvalue weighted by Gasteiger charge is -2.35. The molecular weight excluding hydrogens is 419 g/mol. The molecule has 3 rings (SSSR count). The summed E-state index contributed by atoms with van der Waals surface area (Å²) in [7, 11) is -0.538. The highest BCUT2D eigenvalue weighted by Gasteiger charge is 2.51. The molecule has 7 nitrogen and oxygen atoms in total. The van der Waals surface area contributed by atoms with E-state index in [1.165, 1.54) is 0 Å². The maximum Gasteiger partial charge on any atom is 0.494 e. The Bertz CT molecular complexity index is 844. The van der Waals surface area contributed by atoms with Gasteiger partial charge in [0, 0.05) is 26.2 Å². The predicted molar refractivity (Wildman–Crippen MR) is 121 cm³/mol. The van der Waals surface area contributed by atoms with Gasteiger partial charge in [-0.05, 0) is 66.1 Å². The summed E-state index contributed by atoms with van der Waals surface area (Å²) in [4.78, 5) is 28.6. The van der Waals surface area contributed by atoms with Crippen molar-refractivity contribution in [1.29, 1.82) is 0 Å². The fourth-order valence-corrected chi connectivity index (χ4v) is 3.69. The van der Waals surface area contributed by atoms with Gasteiger partial charge in [-0.25, -0.2) is 4.79 Å². The quantitative estimate of drug-likeness (QED) is 0.647. The molecule has 1 aromatic rings. The monoisotopic (exact) mass is 450 g/mol. The normalized spacial score (nSPS) is 20.7. The predicted octanol–water partition coefficient (Wildman–Crippen LogP) is 3.33. The van der Waals surface area contributed by atoms with Crippen LogP contribution in [-0.4, -0.2) is 71.9 Å². The Morgan fingerprint density at radius 3 is 2.00 bits per heavy atom. The van der Waals surface area contributed by atoms with Crippen LogP contribution in [0.25, 0.3) is 0 Å². The molecule has 170 valence electrons. The Balaban J connectivity index is 1.64. The van der Waals surface area contributed by atoms with Gasteiger partial charge in [0.15, 0.2) is 0 Å². The zero-order chi connectivity index (χ0) is 23.2. The molecule has 0 atom stereocenters. The number of rotatable bonds is 2. The number of halogens is 1. The van der Waals surface area contributed by atoms with E-state index in [1.54, 1.807) is 21.9 Å². The molecule has 0 bridgehead atoms. The maximum absolute atomic E-state index is 13.0. The third-order valence-corrected chi connectivity index (χ3v) is 6.28. The van der Waals surface area contributed by atoms with E-state index in [2.05, 4.69) is 0 Å². The van der Waals surface area contributed by atoms with Crippen molar-refractivity contribution in [2.75, 3.05) is 26.2 Å². The summed E-state index contributed by atoms with van der Waals surface area (Å²) in [5.74, 6) is -0.158. The minimum atomic E-state index is -0.545. The third kappa shape index (κ3) is 5.18. The van der Waals surface area contributed by atoms with Crippen molar-refractivity contribution in [3.05, 3.63) is 28.8 Å². The number of carbonyl (C=O) groups excluding carboxylic acids is 2. The molecule has 2 heterocycles. The smallest absolute Gasteiger partial charge is 0.444 e. The summed E-state index contributed by atoms with van der Waals surface area (Å²) in [6.07, 6.45) is -0.357. The Kier molecular flexibility index (Phi) is 6.40. The molecule has 0 N–H and O–H groups in total. The van der Waals surface area contributed by atoms with Crippen LogP contribution in [0.1, 0.15) is 58.8 Å². The molecule has 1 aromatic carbocycles. The lowest BCUT2D eigenvalue weighted by atomic mass is 9.79. The molecule has 0 spiro atoms. The topological polar surface area (TPSA) is 68.3 Å². The number of carbonyl (C=O) groups is 2. The van der Waals surface area contributed by atoms with Gasteiger partial charge in [0.2, 0.25) is 0 Å². The van der Waals surface area contributed by atoms with Crippen LogP contribution in [0.5, 0.6) is 0 Å². The van der Waals surface area contributed by atoms with E-state index in [9.17, 15) is 9.59 Å². The van der Waals surface area contributed by atoms with E-state index in [-0.39, 0.29) is 12.0 Å². The van der Waals surface area contributed by atoms with Crippen molar-refractivity contribution >= 4 is 36.2 Å². The fraction of sp³-hybridized carbons (Fsp3) is 0.636. The van der Waals surface area contributed by atoms with Gasteiger partial charge < -0.3 is 23.8 Å². The molecule has 0 unspecified atom stereocenters. The second kappa shape index (κ2) is 8.30. The van der Waals surface area contributed by atoms with Crippen LogP contribution in [0.15, 0.2) is 18.2 Å². The van der Waals surface area contributed by atoms with Crippen molar-refractivity contribution in [2.45, 2.75) is 65.3 Å². The minimum Gasteiger partial charge on any atom is -0.444 e. The summed E-state index contributed by atoms with van der Waals surface area (Å²) >= 11 is 6.47. The standard InChI is InChI=1S/C22H32BClN2O5/c1-20(2,3)29-19(28)26-12-10-25(11-13-26)18(27)16-9-8-15(14-17(16)24)23-30-21(4,5)22(6,7)31-23/h8-9,14H,10-13H2,1-7H3. The molecule has 31 heavy (non-hydrogen) atoms. The second-order valence-corrected chi connectivity index (χ2v) is 10.5. The van der Waals surface area contributed by atoms with E-state index in [0.29, 0.717) is 36.8 Å². The summed E-state index contributed by atoms with van der Waals surface area (Å²) < 4.78 is 17.5. The van der Waals surface area contributed by atoms with Gasteiger partial charge >= 0.3 is 13.2 Å². The van der Waals surface area contributed by atoms with Gasteiger partial charge in [-0.1, -0.05) is 17.7 Å². The zero-order valence-electron chi connectivity index (χ0n) is 19.5. The first-order chi connectivity index (χ1) is 14.2. The first kappa shape index (κ1) is 23.9. The van der Waals surface area contributed by atoms with E-state index in [4.69, 9.17) is 25.6 Å². The Morgan fingerprint density at radius 2 is 1.52 bits per heavy atom. The molecule has 2 fully saturated rings. The maximum atomic E-state index is 13.0. The van der Waals surface area contributed by atoms with Gasteiger partial charge in [-0.15, -0.1) is 0 Å². The summed E-state index contributed by atoms with van der Waals surface area (Å²) in [5, 5.41) is 0.354. The molecule has 9 heteroatoms. The lowest BCUT2D eigenvalue weighted by molar-refractivity contribution is 0.00578. The second-order valence-electron chi connectivity index (χ2n) is 10.1. The lowest BCUT2D eigenvalue weighted by Crippen LogP contribution is -2.51. The number of piperazine rings is 1. The van der Waals surface area contributed by atoms with Gasteiger partial charge in [-0.3, -0.25) is 4.79 Å². The SMILES string of the molecule is CC(C)(C)OC(=O)N1CCN(C(=O)c2ccc(B3OC(C)(C)C(C)(C)O3)cc2Cl)CC1. The summed E-state index contributed by atoms with van der Waals surface area (Å²) in [5.41, 5.74) is -0.252. The summed E-state index contributed by atoms with van der Waals surface area (Å²) in [6, 6.07) is 5.26. The number of hydrogen-bond donors (Lipinski definition) is 0. The molecule has 0 radical (unpaired) electrons. The Morgan fingerprint density at radius 1 is 1.00 bits per heavy atom. The Labute approximate surface area is 190 Å². The number of benzene rings is 1. The van der Waals surface area contributed by atoms with E-state index >= 15 is 0 Å². The van der Waals surface area contributed by atoms with Crippen LogP contribution in [0, 0.1) is 0 Å². The van der Waals surface area contributed by atoms with Gasteiger partial charge in [-0.2, -0.15) is 0 Å². The van der Waals surface area contributed by atoms with Crippen molar-refractivity contribution in [1.82, 2.24) is 9.80 Å². The molecular formula is C22H32BClN2O5. The number of nitrogens with zero attached hydrogens (tertiary/aromatic N) is 2.